The van der Waals surface area contributed by atoms with E-state index in [1.54, 1.807) is 42.5 Å². The second-order valence-corrected chi connectivity index (χ2v) is 32.0. The molecule has 0 fully saturated rings. The van der Waals surface area contributed by atoms with Crippen molar-refractivity contribution in [2.45, 2.75) is 0 Å². The first-order valence-electron chi connectivity index (χ1n) is 54.3. The summed E-state index contributed by atoms with van der Waals surface area (Å²) in [6.45, 7) is 0. The molecule has 0 radical (unpaired) electrons. The summed E-state index contributed by atoms with van der Waals surface area (Å²) in [5.74, 6) is 0. The molecule has 0 saturated carbocycles. The Bertz CT molecular complexity index is 10400. The Hall–Kier alpha value is -17.0. The summed E-state index contributed by atoms with van der Waals surface area (Å²) >= 11 is 0. The Morgan fingerprint density at radius 2 is 0.349 bits per heavy atom. The van der Waals surface area contributed by atoms with E-state index >= 15 is 0 Å². The quantitative estimate of drug-likeness (QED) is 0.135. The lowest BCUT2D eigenvalue weighted by atomic mass is 9.83. The van der Waals surface area contributed by atoms with Gasteiger partial charge < -0.3 is 13.3 Å². The van der Waals surface area contributed by atoms with Crippen LogP contribution >= 0.6 is 0 Å². The number of hydrogen-bond acceptors (Lipinski definition) is 3. The van der Waals surface area contributed by atoms with Crippen molar-refractivity contribution < 1.29 is 46.1 Å². The van der Waals surface area contributed by atoms with Gasteiger partial charge in [0.2, 0.25) is 0 Å². The van der Waals surface area contributed by atoms with Gasteiger partial charge in [-0.15, -0.1) is 0 Å². The van der Waals surface area contributed by atoms with Crippen molar-refractivity contribution in [2.24, 2.45) is 0 Å². The molecule has 0 atom stereocenters. The molecule has 0 aliphatic heterocycles. The predicted octanol–water partition coefficient (Wildman–Crippen LogP) is 36.1. The topological polar surface area (TPSA) is 39.4 Å². The van der Waals surface area contributed by atoms with Crippen LogP contribution < -0.4 is 0 Å². The molecular weight excluding hydrogens is 1560 g/mol. The molecule has 0 aliphatic rings. The van der Waals surface area contributed by atoms with Gasteiger partial charge in [0.15, 0.2) is 0 Å². The molecule has 0 amide bonds. The van der Waals surface area contributed by atoms with Gasteiger partial charge in [0.25, 0.3) is 0 Å². The van der Waals surface area contributed by atoms with Gasteiger partial charge >= 0.3 is 0 Å². The molecule has 3 heterocycles. The summed E-state index contributed by atoms with van der Waals surface area (Å²) in [5, 5.41) is 12.4. The van der Waals surface area contributed by atoms with E-state index in [0.29, 0.717) is 111 Å². The highest BCUT2D eigenvalue weighted by molar-refractivity contribution is 6.30. The van der Waals surface area contributed by atoms with Gasteiger partial charge in [-0.25, -0.2) is 0 Å². The van der Waals surface area contributed by atoms with E-state index in [1.165, 1.54) is 0 Å². The lowest BCUT2D eigenvalue weighted by molar-refractivity contribution is 0.669. The van der Waals surface area contributed by atoms with Crippen LogP contribution in [0, 0.1) is 0 Å². The number of benzene rings is 24. The third-order valence-electron chi connectivity index (χ3n) is 24.8. The second-order valence-electron chi connectivity index (χ2n) is 32.0. The molecular formula is C126H78O3. The van der Waals surface area contributed by atoms with Crippen LogP contribution in [0.1, 0.15) is 32.9 Å². The predicted molar refractivity (Wildman–Crippen MR) is 548 cm³/mol. The van der Waals surface area contributed by atoms with Crippen molar-refractivity contribution in [1.82, 2.24) is 0 Å². The Morgan fingerprint density at radius 3 is 0.636 bits per heavy atom. The minimum absolute atomic E-state index is 0.155. The smallest absolute Gasteiger partial charge is 0.136 e. The van der Waals surface area contributed by atoms with Crippen LogP contribution in [0.5, 0.6) is 0 Å². The molecule has 3 heteroatoms. The summed E-state index contributed by atoms with van der Waals surface area (Å²) in [5.41, 5.74) is 14.1. The summed E-state index contributed by atoms with van der Waals surface area (Å²) in [6, 6.07) is 95.2. The lowest BCUT2D eigenvalue weighted by Crippen LogP contribution is -1.92. The van der Waals surface area contributed by atoms with Crippen molar-refractivity contribution in [3.8, 4) is 100 Å². The maximum atomic E-state index is 9.56. The Kier molecular flexibility index (Phi) is 13.0. The average Bonchev–Trinajstić information content (AvgIpc) is 1.60. The highest BCUT2D eigenvalue weighted by Crippen LogP contribution is 2.53. The van der Waals surface area contributed by atoms with Gasteiger partial charge in [-0.3, -0.25) is 0 Å². The fourth-order valence-electron chi connectivity index (χ4n) is 19.1. The van der Waals surface area contributed by atoms with Gasteiger partial charge in [-0.05, 0) is 270 Å². The largest absolute Gasteiger partial charge is 0.456 e. The normalized spacial score (nSPS) is 14.3. The fourth-order valence-corrected chi connectivity index (χ4v) is 19.1. The Morgan fingerprint density at radius 1 is 0.140 bits per heavy atom. The van der Waals surface area contributed by atoms with Crippen molar-refractivity contribution in [1.29, 1.82) is 0 Å². The first-order valence-corrected chi connectivity index (χ1v) is 42.3. The van der Waals surface area contributed by atoms with Crippen LogP contribution in [0.15, 0.2) is 486 Å². The summed E-state index contributed by atoms with van der Waals surface area (Å²) < 4.78 is 237. The molecule has 0 aliphatic carbocycles. The molecule has 24 aromatic carbocycles. The van der Waals surface area contributed by atoms with Crippen molar-refractivity contribution in [3.63, 3.8) is 0 Å². The first kappa shape index (κ1) is 53.9. The minimum Gasteiger partial charge on any atom is -0.456 e. The minimum atomic E-state index is -0.446. The molecule has 0 N–H and O–H groups in total. The highest BCUT2D eigenvalue weighted by Gasteiger charge is 2.26. The van der Waals surface area contributed by atoms with E-state index in [2.05, 4.69) is 6.07 Å². The van der Waals surface area contributed by atoms with E-state index in [4.69, 9.17) is 32.4 Å². The number of rotatable bonds is 9. The van der Waals surface area contributed by atoms with Crippen molar-refractivity contribution in [3.05, 3.63) is 473 Å². The fraction of sp³-hybridized carbons (Fsp3) is 0. The molecule has 0 spiro atoms. The Balaban J connectivity index is 0.000000119. The molecule has 3 aromatic heterocycles. The van der Waals surface area contributed by atoms with Gasteiger partial charge in [0.1, 0.15) is 33.5 Å². The van der Waals surface area contributed by atoms with E-state index in [9.17, 15) is 13.7 Å². The number of fused-ring (bicyclic) bond motifs is 18. The molecule has 27 rings (SSSR count). The van der Waals surface area contributed by atoms with Crippen LogP contribution in [0.3, 0.4) is 0 Å². The third-order valence-corrected chi connectivity index (χ3v) is 24.8. The lowest BCUT2D eigenvalue weighted by Gasteiger charge is -2.19. The van der Waals surface area contributed by atoms with Crippen LogP contribution in [0.25, 0.3) is 263 Å². The Labute approximate surface area is 777 Å². The summed E-state index contributed by atoms with van der Waals surface area (Å²) in [7, 11) is 0. The van der Waals surface area contributed by atoms with Crippen molar-refractivity contribution >= 4 is 163 Å². The molecule has 0 bridgehead atoms. The standard InChI is InChI=1S/C48H30O.C42H26O.C36H22O/c1-3-14-31(15-4-1)35-26-36(32-16-5-2-6-17-32)28-37(27-35)46-38-20-9-11-22-40(38)47(41-23-12-10-21-39(41)46)42-24-13-25-44-48(42)43-29-33-18-7-8-19-34(33)30-45(43)49-44;1-2-11-27(12-3-1)28-21-23-29(24-22-28)40-32-15-6-8-17-34(32)41(35-18-9-7-16-33(35)40)36-19-10-20-38-42(36)37-25-30-13-4-5-14-31(30)26-39(37)43-38;1-2-11-23(12-3-1)34-26-15-6-8-17-28(26)35(29-18-9-7-16-27(29)34)30-19-10-20-32-36(30)31-21-24-13-4-5-14-25(24)22-33(31)37-32/h1-30H;1-26H;1-22H/i9D,10D,11D,12D,20D,21D,22D,23D;2*6D,7D,8D,9D,15D,16D,17D,18D. The molecule has 27 aromatic rings. The van der Waals surface area contributed by atoms with Crippen LogP contribution in [-0.4, -0.2) is 0 Å². The number of furan rings is 3. The maximum absolute atomic E-state index is 9.56. The molecule has 129 heavy (non-hydrogen) atoms. The van der Waals surface area contributed by atoms with E-state index < -0.39 is 72.5 Å². The second kappa shape index (κ2) is 31.1. The van der Waals surface area contributed by atoms with Gasteiger partial charge in [-0.2, -0.15) is 0 Å². The molecule has 600 valence electrons. The first-order chi connectivity index (χ1) is 74.0. The van der Waals surface area contributed by atoms with Crippen LogP contribution in [0.4, 0.5) is 0 Å². The summed E-state index contributed by atoms with van der Waals surface area (Å²) in [6.07, 6.45) is 0. The molecule has 0 unspecified atom stereocenters. The van der Waals surface area contributed by atoms with Gasteiger partial charge in [0, 0.05) is 32.3 Å². The van der Waals surface area contributed by atoms with E-state index in [0.717, 1.165) is 81.9 Å². The molecule has 3 nitrogen and oxygen atoms in total. The van der Waals surface area contributed by atoms with Crippen LogP contribution in [-0.2, 0) is 0 Å². The van der Waals surface area contributed by atoms with Crippen LogP contribution in [0.2, 0.25) is 0 Å². The zero-order valence-electron chi connectivity index (χ0n) is 92.4. The third kappa shape index (κ3) is 12.7. The zero-order chi connectivity index (χ0) is 106. The highest BCUT2D eigenvalue weighted by atomic mass is 16.3. The van der Waals surface area contributed by atoms with Gasteiger partial charge in [0.05, 0.1) is 32.9 Å². The van der Waals surface area contributed by atoms with E-state index in [-0.39, 0.29) is 143 Å². The van der Waals surface area contributed by atoms with E-state index in [1.807, 2.05) is 279 Å². The number of hydrogen-bond donors (Lipinski definition) is 0. The average molecular weight is 1660 g/mol. The maximum Gasteiger partial charge on any atom is 0.136 e. The monoisotopic (exact) mass is 1660 g/mol. The molecule has 0 saturated heterocycles. The SMILES string of the molecule is [2H]c1c([2H])c([2H])c2c(-c3cccc4oc5cc6ccccc6cc5c34)c3c([2H])c([2H])c([2H])c([2H])c3c(-c3cc(-c4ccccc4)cc(-c4ccccc4)c3)c2c1[2H].[2H]c1c([2H])c([2H])c2c(-c3cccc4oc5cc6ccccc6cc5c34)c3c([2H])c([2H])c([2H])c([2H])c3c(-c3ccc(-c4ccccc4)cc3)c2c1[2H].[2H]c1c([2H])c([2H])c2c(-c3cccc4oc5cc6ccccc6cc5c34)c3c([2H])c([2H])c([2H])c([2H])c3c(-c3ccccc3)c2c1[2H]. The van der Waals surface area contributed by atoms with Gasteiger partial charge in [-0.1, -0.05) is 400 Å². The summed E-state index contributed by atoms with van der Waals surface area (Å²) in [4.78, 5) is 0. The van der Waals surface area contributed by atoms with Crippen molar-refractivity contribution in [2.75, 3.05) is 0 Å². The zero-order valence-corrected chi connectivity index (χ0v) is 68.4.